The molecule has 1 fully saturated rings. The summed E-state index contributed by atoms with van der Waals surface area (Å²) >= 11 is 3.10. The molecule has 0 bridgehead atoms. The quantitative estimate of drug-likeness (QED) is 0.860. The fourth-order valence-electron chi connectivity index (χ4n) is 1.56. The Morgan fingerprint density at radius 2 is 2.11 bits per heavy atom. The fourth-order valence-corrected chi connectivity index (χ4v) is 3.47. The van der Waals surface area contributed by atoms with Crippen LogP contribution < -0.4 is 4.72 Å². The monoisotopic (exact) mass is 337 g/mol. The van der Waals surface area contributed by atoms with Crippen molar-refractivity contribution in [3.8, 4) is 0 Å². The van der Waals surface area contributed by atoms with Crippen molar-refractivity contribution in [3.05, 3.63) is 28.0 Å². The predicted molar refractivity (Wildman–Crippen MR) is 67.9 cm³/mol. The van der Waals surface area contributed by atoms with E-state index in [0.717, 1.165) is 12.8 Å². The topological polar surface area (TPSA) is 66.4 Å². The number of hydrogen-bond acceptors (Lipinski definition) is 3. The lowest BCUT2D eigenvalue weighted by Crippen LogP contribution is -2.27. The summed E-state index contributed by atoms with van der Waals surface area (Å²) < 4.78 is 40.6. The van der Waals surface area contributed by atoms with Gasteiger partial charge in [0, 0.05) is 16.6 Å². The Morgan fingerprint density at radius 1 is 1.44 bits per heavy atom. The second-order valence-corrected chi connectivity index (χ2v) is 6.98. The molecular formula is C11H13BrFNO3S. The van der Waals surface area contributed by atoms with Gasteiger partial charge in [-0.25, -0.2) is 17.5 Å². The van der Waals surface area contributed by atoms with Crippen molar-refractivity contribution in [2.75, 3.05) is 6.54 Å². The molecule has 7 heteroatoms. The summed E-state index contributed by atoms with van der Waals surface area (Å²) in [6, 6.07) is 2.55. The van der Waals surface area contributed by atoms with E-state index in [9.17, 15) is 12.8 Å². The van der Waals surface area contributed by atoms with Crippen LogP contribution in [-0.2, 0) is 16.6 Å². The smallest absolute Gasteiger partial charge is 0.243 e. The van der Waals surface area contributed by atoms with Gasteiger partial charge in [-0.2, -0.15) is 0 Å². The number of halogens is 2. The van der Waals surface area contributed by atoms with Gasteiger partial charge in [0.1, 0.15) is 10.7 Å². The molecule has 0 saturated heterocycles. The van der Waals surface area contributed by atoms with Gasteiger partial charge in [0.25, 0.3) is 0 Å². The molecule has 0 unspecified atom stereocenters. The zero-order valence-corrected chi connectivity index (χ0v) is 11.9. The van der Waals surface area contributed by atoms with Crippen molar-refractivity contribution >= 4 is 26.0 Å². The van der Waals surface area contributed by atoms with E-state index in [2.05, 4.69) is 20.7 Å². The minimum Gasteiger partial charge on any atom is -0.392 e. The second-order valence-electron chi connectivity index (χ2n) is 4.33. The highest BCUT2D eigenvalue weighted by Gasteiger charge is 2.26. The number of rotatable bonds is 5. The van der Waals surface area contributed by atoms with E-state index in [1.165, 1.54) is 12.1 Å². The minimum atomic E-state index is -3.87. The standard InChI is InChI=1S/C11H13BrFNO3S/c12-9-3-8(6-15)11(13)10(4-9)18(16,17)14-5-7-1-2-7/h3-4,7,14-15H,1-2,5-6H2. The van der Waals surface area contributed by atoms with Crippen molar-refractivity contribution in [1.82, 2.24) is 4.72 Å². The molecule has 2 N–H and O–H groups in total. The molecule has 0 aliphatic heterocycles. The third-order valence-electron chi connectivity index (χ3n) is 2.80. The van der Waals surface area contributed by atoms with E-state index >= 15 is 0 Å². The number of sulfonamides is 1. The highest BCUT2D eigenvalue weighted by molar-refractivity contribution is 9.10. The third-order valence-corrected chi connectivity index (χ3v) is 4.68. The molecule has 1 aliphatic carbocycles. The van der Waals surface area contributed by atoms with Crippen molar-refractivity contribution in [1.29, 1.82) is 0 Å². The Kier molecular flexibility index (Phi) is 4.05. The van der Waals surface area contributed by atoms with Crippen molar-refractivity contribution < 1.29 is 17.9 Å². The van der Waals surface area contributed by atoms with Crippen LogP contribution in [0.5, 0.6) is 0 Å². The first kappa shape index (κ1) is 13.9. The van der Waals surface area contributed by atoms with Gasteiger partial charge < -0.3 is 5.11 Å². The molecule has 4 nitrogen and oxygen atoms in total. The maximum Gasteiger partial charge on any atom is 0.243 e. The van der Waals surface area contributed by atoms with Crippen LogP contribution in [0, 0.1) is 11.7 Å². The highest BCUT2D eigenvalue weighted by atomic mass is 79.9. The third kappa shape index (κ3) is 3.09. The van der Waals surface area contributed by atoms with E-state index in [1.54, 1.807) is 0 Å². The van der Waals surface area contributed by atoms with Crippen LogP contribution >= 0.6 is 15.9 Å². The van der Waals surface area contributed by atoms with Crippen LogP contribution in [0.4, 0.5) is 4.39 Å². The molecular weight excluding hydrogens is 325 g/mol. The summed E-state index contributed by atoms with van der Waals surface area (Å²) in [7, 11) is -3.87. The molecule has 1 aliphatic rings. The van der Waals surface area contributed by atoms with E-state index < -0.39 is 27.3 Å². The average Bonchev–Trinajstić information content (AvgIpc) is 3.13. The Morgan fingerprint density at radius 3 is 2.67 bits per heavy atom. The van der Waals surface area contributed by atoms with Gasteiger partial charge >= 0.3 is 0 Å². The van der Waals surface area contributed by atoms with Crippen LogP contribution in [0.1, 0.15) is 18.4 Å². The van der Waals surface area contributed by atoms with Crippen molar-refractivity contribution in [2.24, 2.45) is 5.92 Å². The SMILES string of the molecule is O=S(=O)(NCC1CC1)c1cc(Br)cc(CO)c1F. The van der Waals surface area contributed by atoms with E-state index in [0.29, 0.717) is 16.9 Å². The van der Waals surface area contributed by atoms with Gasteiger partial charge in [-0.1, -0.05) is 15.9 Å². The lowest BCUT2D eigenvalue weighted by Gasteiger charge is -2.10. The Hall–Kier alpha value is -0.500. The van der Waals surface area contributed by atoms with Crippen LogP contribution in [0.3, 0.4) is 0 Å². The molecule has 1 saturated carbocycles. The average molecular weight is 338 g/mol. The number of aliphatic hydroxyl groups is 1. The van der Waals surface area contributed by atoms with Gasteiger partial charge in [-0.3, -0.25) is 0 Å². The van der Waals surface area contributed by atoms with Crippen LogP contribution in [0.25, 0.3) is 0 Å². The van der Waals surface area contributed by atoms with Gasteiger partial charge in [-0.05, 0) is 30.9 Å². The number of hydrogen-bond donors (Lipinski definition) is 2. The lowest BCUT2D eigenvalue weighted by atomic mass is 10.2. The van der Waals surface area contributed by atoms with E-state index in [-0.39, 0.29) is 5.56 Å². The highest BCUT2D eigenvalue weighted by Crippen LogP contribution is 2.29. The Balaban J connectivity index is 2.32. The normalized spacial score (nSPS) is 15.9. The maximum atomic E-state index is 13.9. The number of nitrogens with one attached hydrogen (secondary N) is 1. The fraction of sp³-hybridized carbons (Fsp3) is 0.455. The molecule has 100 valence electrons. The van der Waals surface area contributed by atoms with Gasteiger partial charge in [0.15, 0.2) is 0 Å². The summed E-state index contributed by atoms with van der Waals surface area (Å²) in [5.74, 6) is -0.531. The van der Waals surface area contributed by atoms with Crippen LogP contribution in [0.15, 0.2) is 21.5 Å². The van der Waals surface area contributed by atoms with Gasteiger partial charge in [0.05, 0.1) is 6.61 Å². The molecule has 0 radical (unpaired) electrons. The Bertz CT molecular complexity index is 558. The molecule has 0 heterocycles. The summed E-state index contributed by atoms with van der Waals surface area (Å²) in [6.07, 6.45) is 2.01. The summed E-state index contributed by atoms with van der Waals surface area (Å²) in [5, 5.41) is 8.99. The lowest BCUT2D eigenvalue weighted by molar-refractivity contribution is 0.274. The molecule has 2 rings (SSSR count). The molecule has 0 atom stereocenters. The first-order valence-corrected chi connectivity index (χ1v) is 7.80. The maximum absolute atomic E-state index is 13.9. The van der Waals surface area contributed by atoms with Crippen molar-refractivity contribution in [2.45, 2.75) is 24.3 Å². The van der Waals surface area contributed by atoms with Crippen LogP contribution in [-0.4, -0.2) is 20.1 Å². The predicted octanol–water partition coefficient (Wildman–Crippen LogP) is 1.77. The zero-order valence-electron chi connectivity index (χ0n) is 9.49. The zero-order chi connectivity index (χ0) is 13.3. The number of benzene rings is 1. The summed E-state index contributed by atoms with van der Waals surface area (Å²) in [5.41, 5.74) is -0.0452. The first-order chi connectivity index (χ1) is 8.44. The van der Waals surface area contributed by atoms with Gasteiger partial charge in [0.2, 0.25) is 10.0 Å². The largest absolute Gasteiger partial charge is 0.392 e. The summed E-state index contributed by atoms with van der Waals surface area (Å²) in [4.78, 5) is -0.429. The van der Waals surface area contributed by atoms with Gasteiger partial charge in [-0.15, -0.1) is 0 Å². The first-order valence-electron chi connectivity index (χ1n) is 5.52. The van der Waals surface area contributed by atoms with E-state index in [1.807, 2.05) is 0 Å². The minimum absolute atomic E-state index is 0.0452. The van der Waals surface area contributed by atoms with E-state index in [4.69, 9.17) is 5.11 Å². The molecule has 0 amide bonds. The van der Waals surface area contributed by atoms with Crippen LogP contribution in [0.2, 0.25) is 0 Å². The second kappa shape index (κ2) is 5.24. The van der Waals surface area contributed by atoms with Crippen molar-refractivity contribution in [3.63, 3.8) is 0 Å². The molecule has 0 spiro atoms. The summed E-state index contributed by atoms with van der Waals surface area (Å²) in [6.45, 7) is -0.209. The Labute approximate surface area is 113 Å². The molecule has 18 heavy (non-hydrogen) atoms. The number of aliphatic hydroxyl groups excluding tert-OH is 1. The molecule has 1 aromatic rings. The molecule has 1 aromatic carbocycles. The molecule has 0 aromatic heterocycles.